The number of likely N-dealkylation sites (tertiary alicyclic amines) is 1. The number of β-amino-alcohol motifs (C(OH)–C–C–N with tert-alkyl or cyclic N) is 2. The minimum Gasteiger partial charge on any atom is -0.389 e. The maximum absolute atomic E-state index is 13.1. The van der Waals surface area contributed by atoms with Crippen LogP contribution in [0.15, 0.2) is 24.3 Å². The fourth-order valence-electron chi connectivity index (χ4n) is 2.26. The molecule has 1 fully saturated rings. The normalized spacial score (nSPS) is 27.3. The van der Waals surface area contributed by atoms with Crippen molar-refractivity contribution in [2.75, 3.05) is 19.6 Å². The van der Waals surface area contributed by atoms with Crippen molar-refractivity contribution in [3.8, 4) is 0 Å². The van der Waals surface area contributed by atoms with Crippen LogP contribution >= 0.6 is 0 Å². The number of rotatable bonds is 3. The molecule has 2 rings (SSSR count). The standard InChI is InChI=1S/C12H17FN2O2/c13-9-3-1-2-8(4-9)10(5-14)15-6-11(16)12(17)7-15/h1-4,10-12,16-17H,5-7,14H2. The van der Waals surface area contributed by atoms with Gasteiger partial charge in [-0.3, -0.25) is 4.90 Å². The maximum atomic E-state index is 13.1. The Balaban J connectivity index is 2.17. The average molecular weight is 240 g/mol. The van der Waals surface area contributed by atoms with Crippen molar-refractivity contribution in [3.05, 3.63) is 35.6 Å². The third-order valence-electron chi connectivity index (χ3n) is 3.18. The predicted molar refractivity (Wildman–Crippen MR) is 61.8 cm³/mol. The summed E-state index contributed by atoms with van der Waals surface area (Å²) in [5, 5.41) is 19.0. The van der Waals surface area contributed by atoms with Gasteiger partial charge in [0, 0.05) is 25.7 Å². The van der Waals surface area contributed by atoms with Crippen LogP contribution in [-0.4, -0.2) is 47.0 Å². The van der Waals surface area contributed by atoms with E-state index in [1.54, 1.807) is 12.1 Å². The molecule has 1 saturated heterocycles. The molecule has 4 N–H and O–H groups in total. The van der Waals surface area contributed by atoms with E-state index in [0.717, 1.165) is 5.56 Å². The topological polar surface area (TPSA) is 69.7 Å². The lowest BCUT2D eigenvalue weighted by Crippen LogP contribution is -2.33. The molecule has 1 aromatic rings. The lowest BCUT2D eigenvalue weighted by Gasteiger charge is -2.26. The minimum atomic E-state index is -0.752. The summed E-state index contributed by atoms with van der Waals surface area (Å²) in [7, 11) is 0. The molecule has 3 unspecified atom stereocenters. The van der Waals surface area contributed by atoms with Crippen molar-refractivity contribution in [2.24, 2.45) is 5.73 Å². The highest BCUT2D eigenvalue weighted by Gasteiger charge is 2.33. The number of aliphatic hydroxyl groups is 2. The molecule has 0 aliphatic carbocycles. The fraction of sp³-hybridized carbons (Fsp3) is 0.500. The molecule has 0 spiro atoms. The van der Waals surface area contributed by atoms with Gasteiger partial charge in [-0.2, -0.15) is 0 Å². The smallest absolute Gasteiger partial charge is 0.123 e. The summed E-state index contributed by atoms with van der Waals surface area (Å²) in [4.78, 5) is 1.88. The largest absolute Gasteiger partial charge is 0.389 e. The maximum Gasteiger partial charge on any atom is 0.123 e. The van der Waals surface area contributed by atoms with Crippen molar-refractivity contribution in [1.29, 1.82) is 0 Å². The molecular formula is C12H17FN2O2. The molecule has 4 nitrogen and oxygen atoms in total. The van der Waals surface area contributed by atoms with Crippen LogP contribution in [0.25, 0.3) is 0 Å². The average Bonchev–Trinajstić information content (AvgIpc) is 2.60. The van der Waals surface area contributed by atoms with E-state index in [2.05, 4.69) is 0 Å². The van der Waals surface area contributed by atoms with Crippen LogP contribution in [-0.2, 0) is 0 Å². The zero-order valence-electron chi connectivity index (χ0n) is 9.46. The van der Waals surface area contributed by atoms with Crippen molar-refractivity contribution in [2.45, 2.75) is 18.2 Å². The quantitative estimate of drug-likeness (QED) is 0.688. The molecular weight excluding hydrogens is 223 g/mol. The van der Waals surface area contributed by atoms with Crippen LogP contribution in [0.1, 0.15) is 11.6 Å². The first-order chi connectivity index (χ1) is 8.11. The van der Waals surface area contributed by atoms with Gasteiger partial charge in [0.1, 0.15) is 5.82 Å². The summed E-state index contributed by atoms with van der Waals surface area (Å²) in [5.74, 6) is -0.304. The Morgan fingerprint density at radius 1 is 1.35 bits per heavy atom. The van der Waals surface area contributed by atoms with Crippen molar-refractivity contribution >= 4 is 0 Å². The second-order valence-corrected chi connectivity index (χ2v) is 4.40. The predicted octanol–water partition coefficient (Wildman–Crippen LogP) is -0.137. The molecule has 17 heavy (non-hydrogen) atoms. The van der Waals surface area contributed by atoms with Crippen molar-refractivity contribution in [3.63, 3.8) is 0 Å². The number of hydrogen-bond donors (Lipinski definition) is 3. The second kappa shape index (κ2) is 5.10. The Hall–Kier alpha value is -1.01. The van der Waals surface area contributed by atoms with E-state index in [4.69, 9.17) is 5.73 Å². The van der Waals surface area contributed by atoms with Crippen LogP contribution in [0.2, 0.25) is 0 Å². The van der Waals surface area contributed by atoms with E-state index in [-0.39, 0.29) is 11.9 Å². The van der Waals surface area contributed by atoms with E-state index in [9.17, 15) is 14.6 Å². The summed E-state index contributed by atoms with van der Waals surface area (Å²) >= 11 is 0. The van der Waals surface area contributed by atoms with Gasteiger partial charge in [0.2, 0.25) is 0 Å². The van der Waals surface area contributed by atoms with Gasteiger partial charge in [-0.1, -0.05) is 12.1 Å². The Kier molecular flexibility index (Phi) is 3.73. The van der Waals surface area contributed by atoms with E-state index < -0.39 is 12.2 Å². The lowest BCUT2D eigenvalue weighted by molar-refractivity contribution is 0.0572. The van der Waals surface area contributed by atoms with Gasteiger partial charge in [-0.25, -0.2) is 4.39 Å². The molecule has 1 aliphatic rings. The van der Waals surface area contributed by atoms with Gasteiger partial charge >= 0.3 is 0 Å². The zero-order chi connectivity index (χ0) is 12.4. The third kappa shape index (κ3) is 2.63. The van der Waals surface area contributed by atoms with Crippen molar-refractivity contribution in [1.82, 2.24) is 4.90 Å². The second-order valence-electron chi connectivity index (χ2n) is 4.40. The van der Waals surface area contributed by atoms with Crippen LogP contribution in [0.3, 0.4) is 0 Å². The first-order valence-electron chi connectivity index (χ1n) is 5.67. The van der Waals surface area contributed by atoms with Crippen LogP contribution in [0.5, 0.6) is 0 Å². The van der Waals surface area contributed by atoms with E-state index in [0.29, 0.717) is 19.6 Å². The van der Waals surface area contributed by atoms with Crippen LogP contribution in [0, 0.1) is 5.82 Å². The number of hydrogen-bond acceptors (Lipinski definition) is 4. The summed E-state index contributed by atoms with van der Waals surface area (Å²) in [6.07, 6.45) is -1.50. The van der Waals surface area contributed by atoms with Gasteiger partial charge in [-0.05, 0) is 17.7 Å². The summed E-state index contributed by atoms with van der Waals surface area (Å²) in [6, 6.07) is 6.09. The third-order valence-corrected chi connectivity index (χ3v) is 3.18. The summed E-state index contributed by atoms with van der Waals surface area (Å²) in [5.41, 5.74) is 6.47. The molecule has 0 aromatic heterocycles. The highest BCUT2D eigenvalue weighted by Crippen LogP contribution is 2.25. The molecule has 0 amide bonds. The zero-order valence-corrected chi connectivity index (χ0v) is 9.46. The fourth-order valence-corrected chi connectivity index (χ4v) is 2.26. The Bertz CT molecular complexity index is 379. The van der Waals surface area contributed by atoms with Crippen LogP contribution in [0.4, 0.5) is 4.39 Å². The first-order valence-corrected chi connectivity index (χ1v) is 5.67. The Morgan fingerprint density at radius 2 is 2.00 bits per heavy atom. The molecule has 1 aliphatic heterocycles. The molecule has 1 heterocycles. The number of nitrogens with two attached hydrogens (primary N) is 1. The monoisotopic (exact) mass is 240 g/mol. The molecule has 5 heteroatoms. The van der Waals surface area contributed by atoms with E-state index in [1.165, 1.54) is 12.1 Å². The van der Waals surface area contributed by atoms with Crippen LogP contribution < -0.4 is 5.73 Å². The molecule has 3 atom stereocenters. The first kappa shape index (κ1) is 12.4. The van der Waals surface area contributed by atoms with Gasteiger partial charge in [-0.15, -0.1) is 0 Å². The Morgan fingerprint density at radius 3 is 2.53 bits per heavy atom. The highest BCUT2D eigenvalue weighted by molar-refractivity contribution is 5.21. The SMILES string of the molecule is NCC(c1cccc(F)c1)N1CC(O)C(O)C1. The summed E-state index contributed by atoms with van der Waals surface area (Å²) < 4.78 is 13.1. The molecule has 0 bridgehead atoms. The van der Waals surface area contributed by atoms with Gasteiger partial charge in [0.15, 0.2) is 0 Å². The van der Waals surface area contributed by atoms with Gasteiger partial charge in [0.25, 0.3) is 0 Å². The highest BCUT2D eigenvalue weighted by atomic mass is 19.1. The number of halogens is 1. The Labute approximate surface area is 99.5 Å². The molecule has 0 saturated carbocycles. The minimum absolute atomic E-state index is 0.169. The lowest BCUT2D eigenvalue weighted by atomic mass is 10.1. The molecule has 94 valence electrons. The number of benzene rings is 1. The number of nitrogens with zero attached hydrogens (tertiary/aromatic N) is 1. The van der Waals surface area contributed by atoms with E-state index in [1.807, 2.05) is 4.90 Å². The van der Waals surface area contributed by atoms with Gasteiger partial charge < -0.3 is 15.9 Å². The van der Waals surface area contributed by atoms with Gasteiger partial charge in [0.05, 0.1) is 12.2 Å². The van der Waals surface area contributed by atoms with Crippen molar-refractivity contribution < 1.29 is 14.6 Å². The molecule has 0 radical (unpaired) electrons. The number of aliphatic hydroxyl groups excluding tert-OH is 2. The van der Waals surface area contributed by atoms with E-state index >= 15 is 0 Å². The molecule has 1 aromatic carbocycles. The summed E-state index contributed by atoms with van der Waals surface area (Å²) in [6.45, 7) is 1.04.